The number of rotatable bonds is 9. The van der Waals surface area contributed by atoms with Crippen LogP contribution in [0.3, 0.4) is 0 Å². The third kappa shape index (κ3) is 11.2. The number of ether oxygens (including phenoxy) is 1. The average molecular weight is 186 g/mol. The Hall–Kier alpha value is -0.830. The molecule has 0 unspecified atom stereocenters. The first-order chi connectivity index (χ1) is 6.27. The van der Waals surface area contributed by atoms with E-state index >= 15 is 0 Å². The molecule has 0 aromatic heterocycles. The van der Waals surface area contributed by atoms with Crippen LogP contribution in [0.25, 0.3) is 0 Å². The highest BCUT2D eigenvalue weighted by Crippen LogP contribution is 2.02. The van der Waals surface area contributed by atoms with Crippen LogP contribution in [-0.2, 0) is 9.53 Å². The Balaban J connectivity index is 2.91. The van der Waals surface area contributed by atoms with E-state index in [1.165, 1.54) is 12.8 Å². The summed E-state index contributed by atoms with van der Waals surface area (Å²) in [6.07, 6.45) is 7.37. The van der Waals surface area contributed by atoms with Crippen molar-refractivity contribution in [1.82, 2.24) is 0 Å². The van der Waals surface area contributed by atoms with E-state index in [4.69, 9.17) is 9.84 Å². The summed E-state index contributed by atoms with van der Waals surface area (Å²) in [5.74, 6) is -0.897. The van der Waals surface area contributed by atoms with Gasteiger partial charge in [0.15, 0.2) is 0 Å². The van der Waals surface area contributed by atoms with E-state index in [9.17, 15) is 4.79 Å². The van der Waals surface area contributed by atoms with E-state index in [0.29, 0.717) is 6.61 Å². The molecular formula is C10H18O3. The van der Waals surface area contributed by atoms with Crippen molar-refractivity contribution in [2.45, 2.75) is 32.1 Å². The Morgan fingerprint density at radius 1 is 1.31 bits per heavy atom. The number of carbonyl (C=O) groups is 1. The largest absolute Gasteiger partial charge is 0.480 e. The molecule has 1 N–H and O–H groups in total. The fraction of sp³-hybridized carbons (Fsp3) is 0.700. The third-order valence-corrected chi connectivity index (χ3v) is 1.67. The van der Waals surface area contributed by atoms with Crippen molar-refractivity contribution in [3.63, 3.8) is 0 Å². The molecule has 3 heteroatoms. The van der Waals surface area contributed by atoms with E-state index in [1.807, 2.05) is 6.08 Å². The summed E-state index contributed by atoms with van der Waals surface area (Å²) in [5.41, 5.74) is 0. The molecule has 3 nitrogen and oxygen atoms in total. The topological polar surface area (TPSA) is 46.5 Å². The third-order valence-electron chi connectivity index (χ3n) is 1.67. The molecule has 0 rings (SSSR count). The van der Waals surface area contributed by atoms with E-state index < -0.39 is 5.97 Å². The Morgan fingerprint density at radius 3 is 2.62 bits per heavy atom. The van der Waals surface area contributed by atoms with Crippen LogP contribution in [0.1, 0.15) is 32.1 Å². The molecule has 0 bridgehead atoms. The van der Waals surface area contributed by atoms with Gasteiger partial charge in [-0.25, -0.2) is 4.79 Å². The van der Waals surface area contributed by atoms with E-state index in [0.717, 1.165) is 19.3 Å². The van der Waals surface area contributed by atoms with Crippen molar-refractivity contribution in [2.75, 3.05) is 13.2 Å². The zero-order chi connectivity index (χ0) is 9.94. The van der Waals surface area contributed by atoms with Crippen molar-refractivity contribution >= 4 is 5.97 Å². The second-order valence-corrected chi connectivity index (χ2v) is 2.94. The lowest BCUT2D eigenvalue weighted by atomic mass is 10.1. The molecule has 13 heavy (non-hydrogen) atoms. The lowest BCUT2D eigenvalue weighted by Gasteiger charge is -2.00. The maximum Gasteiger partial charge on any atom is 0.329 e. The highest BCUT2D eigenvalue weighted by Gasteiger charge is 1.95. The van der Waals surface area contributed by atoms with E-state index in [1.54, 1.807) is 0 Å². The van der Waals surface area contributed by atoms with Gasteiger partial charge in [-0.3, -0.25) is 0 Å². The molecule has 0 aliphatic heterocycles. The predicted molar refractivity (Wildman–Crippen MR) is 51.7 cm³/mol. The predicted octanol–water partition coefficient (Wildman–Crippen LogP) is 2.22. The SMILES string of the molecule is C=CCCCCCCOCC(=O)O. The van der Waals surface area contributed by atoms with Gasteiger partial charge in [0, 0.05) is 6.61 Å². The maximum atomic E-state index is 10.0. The van der Waals surface area contributed by atoms with Crippen LogP contribution in [0, 0.1) is 0 Å². The van der Waals surface area contributed by atoms with Gasteiger partial charge in [0.25, 0.3) is 0 Å². The number of hydrogen-bond acceptors (Lipinski definition) is 2. The highest BCUT2D eigenvalue weighted by atomic mass is 16.5. The summed E-state index contributed by atoms with van der Waals surface area (Å²) < 4.78 is 4.88. The van der Waals surface area contributed by atoms with Crippen molar-refractivity contribution in [2.24, 2.45) is 0 Å². The van der Waals surface area contributed by atoms with Crippen LogP contribution < -0.4 is 0 Å². The number of unbranched alkanes of at least 4 members (excludes halogenated alkanes) is 4. The van der Waals surface area contributed by atoms with Crippen molar-refractivity contribution in [1.29, 1.82) is 0 Å². The number of carboxylic acid groups (broad SMARTS) is 1. The van der Waals surface area contributed by atoms with Gasteiger partial charge in [-0.2, -0.15) is 0 Å². The first-order valence-corrected chi connectivity index (χ1v) is 4.68. The van der Waals surface area contributed by atoms with Gasteiger partial charge < -0.3 is 9.84 Å². The summed E-state index contributed by atoms with van der Waals surface area (Å²) in [4.78, 5) is 10.0. The van der Waals surface area contributed by atoms with Crippen LogP contribution in [-0.4, -0.2) is 24.3 Å². The van der Waals surface area contributed by atoms with Crippen LogP contribution in [0.5, 0.6) is 0 Å². The number of allylic oxidation sites excluding steroid dienone is 1. The monoisotopic (exact) mass is 186 g/mol. The molecule has 0 spiro atoms. The number of hydrogen-bond donors (Lipinski definition) is 1. The molecule has 0 heterocycles. The molecule has 0 aliphatic rings. The zero-order valence-electron chi connectivity index (χ0n) is 8.00. The first kappa shape index (κ1) is 12.2. The summed E-state index contributed by atoms with van der Waals surface area (Å²) in [6, 6.07) is 0. The van der Waals surface area contributed by atoms with Crippen molar-refractivity contribution < 1.29 is 14.6 Å². The van der Waals surface area contributed by atoms with Gasteiger partial charge >= 0.3 is 5.97 Å². The Bertz CT molecular complexity index is 143. The molecule has 0 fully saturated rings. The van der Waals surface area contributed by atoms with Gasteiger partial charge in [0.2, 0.25) is 0 Å². The lowest BCUT2D eigenvalue weighted by molar-refractivity contribution is -0.142. The van der Waals surface area contributed by atoms with Crippen molar-refractivity contribution in [3.05, 3.63) is 12.7 Å². The standard InChI is InChI=1S/C10H18O3/c1-2-3-4-5-6-7-8-13-9-10(11)12/h2H,1,3-9H2,(H,11,12). The average Bonchev–Trinajstić information content (AvgIpc) is 2.09. The fourth-order valence-electron chi connectivity index (χ4n) is 1.01. The second kappa shape index (κ2) is 9.26. The van der Waals surface area contributed by atoms with Gasteiger partial charge in [0.05, 0.1) is 0 Å². The fourth-order valence-corrected chi connectivity index (χ4v) is 1.01. The minimum atomic E-state index is -0.897. The maximum absolute atomic E-state index is 10.0. The lowest BCUT2D eigenvalue weighted by Crippen LogP contribution is -2.07. The first-order valence-electron chi connectivity index (χ1n) is 4.68. The quantitative estimate of drug-likeness (QED) is 0.443. The molecule has 76 valence electrons. The summed E-state index contributed by atoms with van der Waals surface area (Å²) in [7, 11) is 0. The minimum absolute atomic E-state index is 0.174. The van der Waals surface area contributed by atoms with Gasteiger partial charge in [-0.05, 0) is 19.3 Å². The Morgan fingerprint density at radius 2 is 2.00 bits per heavy atom. The van der Waals surface area contributed by atoms with Gasteiger partial charge in [0.1, 0.15) is 6.61 Å². The summed E-state index contributed by atoms with van der Waals surface area (Å²) in [6.45, 7) is 4.02. The van der Waals surface area contributed by atoms with E-state index in [-0.39, 0.29) is 6.61 Å². The Labute approximate surface area is 79.4 Å². The number of carboxylic acids is 1. The van der Waals surface area contributed by atoms with E-state index in [2.05, 4.69) is 6.58 Å². The molecule has 0 atom stereocenters. The normalized spacial score (nSPS) is 9.85. The van der Waals surface area contributed by atoms with Gasteiger partial charge in [-0.15, -0.1) is 6.58 Å². The van der Waals surface area contributed by atoms with Crippen molar-refractivity contribution in [3.8, 4) is 0 Å². The van der Waals surface area contributed by atoms with Crippen LogP contribution in [0.2, 0.25) is 0 Å². The summed E-state index contributed by atoms with van der Waals surface area (Å²) >= 11 is 0. The molecule has 0 aromatic rings. The minimum Gasteiger partial charge on any atom is -0.480 e. The van der Waals surface area contributed by atoms with Crippen LogP contribution in [0.4, 0.5) is 0 Å². The van der Waals surface area contributed by atoms with Gasteiger partial charge in [-0.1, -0.05) is 18.9 Å². The zero-order valence-corrected chi connectivity index (χ0v) is 8.00. The second-order valence-electron chi connectivity index (χ2n) is 2.94. The molecule has 0 radical (unpaired) electrons. The molecule has 0 aromatic carbocycles. The molecule has 0 saturated heterocycles. The molecular weight excluding hydrogens is 168 g/mol. The van der Waals surface area contributed by atoms with Crippen LogP contribution >= 0.6 is 0 Å². The Kier molecular flexibility index (Phi) is 8.67. The van der Waals surface area contributed by atoms with Crippen LogP contribution in [0.15, 0.2) is 12.7 Å². The smallest absolute Gasteiger partial charge is 0.329 e. The molecule has 0 aliphatic carbocycles. The highest BCUT2D eigenvalue weighted by molar-refractivity contribution is 5.67. The molecule has 0 saturated carbocycles. The molecule has 0 amide bonds. The number of aliphatic carboxylic acids is 1. The summed E-state index contributed by atoms with van der Waals surface area (Å²) in [5, 5.41) is 8.25.